The summed E-state index contributed by atoms with van der Waals surface area (Å²) in [4.78, 5) is 8.10. The topological polar surface area (TPSA) is 27.6 Å². The summed E-state index contributed by atoms with van der Waals surface area (Å²) in [6.45, 7) is 1.95. The van der Waals surface area contributed by atoms with Crippen LogP contribution >= 0.6 is 35.3 Å². The van der Waals surface area contributed by atoms with Gasteiger partial charge >= 0.3 is 0 Å². The van der Waals surface area contributed by atoms with E-state index in [0.717, 1.165) is 25.5 Å². The number of rotatable bonds is 6. The third-order valence-corrected chi connectivity index (χ3v) is 5.61. The van der Waals surface area contributed by atoms with Crippen molar-refractivity contribution in [3.63, 3.8) is 0 Å². The lowest BCUT2D eigenvalue weighted by Gasteiger charge is -2.24. The lowest BCUT2D eigenvalue weighted by atomic mass is 9.96. The van der Waals surface area contributed by atoms with Crippen LogP contribution in [0.1, 0.15) is 23.3 Å². The minimum Gasteiger partial charge on any atom is -0.355 e. The van der Waals surface area contributed by atoms with Gasteiger partial charge in [-0.1, -0.05) is 36.4 Å². The second-order valence-corrected chi connectivity index (χ2v) is 7.33. The van der Waals surface area contributed by atoms with Gasteiger partial charge < -0.3 is 10.2 Å². The minimum absolute atomic E-state index is 0. The summed E-state index contributed by atoms with van der Waals surface area (Å²) in [5.74, 6) is 0.990. The van der Waals surface area contributed by atoms with Crippen molar-refractivity contribution >= 4 is 41.3 Å². The molecule has 0 amide bonds. The molecule has 3 rings (SSSR count). The molecular weight excluding hydrogens is 429 g/mol. The summed E-state index contributed by atoms with van der Waals surface area (Å²) in [6, 6.07) is 15.2. The van der Waals surface area contributed by atoms with E-state index in [-0.39, 0.29) is 24.0 Å². The molecule has 1 saturated carbocycles. The highest BCUT2D eigenvalue weighted by Crippen LogP contribution is 2.47. The fraction of sp³-hybridized carbons (Fsp3) is 0.421. The van der Waals surface area contributed by atoms with Crippen LogP contribution in [0.2, 0.25) is 0 Å². The van der Waals surface area contributed by atoms with Crippen molar-refractivity contribution < 1.29 is 0 Å². The zero-order valence-electron chi connectivity index (χ0n) is 14.4. The van der Waals surface area contributed by atoms with Crippen molar-refractivity contribution in [2.24, 2.45) is 4.99 Å². The van der Waals surface area contributed by atoms with Gasteiger partial charge in [-0.05, 0) is 36.3 Å². The Balaban J connectivity index is 0.00000208. The Hall–Kier alpha value is -1.08. The summed E-state index contributed by atoms with van der Waals surface area (Å²) < 4.78 is 0. The van der Waals surface area contributed by atoms with E-state index >= 15 is 0 Å². The molecule has 24 heavy (non-hydrogen) atoms. The van der Waals surface area contributed by atoms with Gasteiger partial charge in [-0.15, -0.1) is 35.3 Å². The first kappa shape index (κ1) is 19.2. The maximum absolute atomic E-state index is 4.45. The largest absolute Gasteiger partial charge is 0.355 e. The zero-order valence-corrected chi connectivity index (χ0v) is 17.5. The molecule has 0 radical (unpaired) electrons. The summed E-state index contributed by atoms with van der Waals surface area (Å²) >= 11 is 1.82. The highest BCUT2D eigenvalue weighted by molar-refractivity contribution is 14.0. The Bertz CT molecular complexity index is 636. The molecule has 1 N–H and O–H groups in total. The number of hydrogen-bond acceptors (Lipinski definition) is 2. The summed E-state index contributed by atoms with van der Waals surface area (Å²) in [5, 5.41) is 5.72. The lowest BCUT2D eigenvalue weighted by molar-refractivity contribution is 0.479. The molecule has 0 aliphatic heterocycles. The van der Waals surface area contributed by atoms with Gasteiger partial charge in [0.15, 0.2) is 5.96 Å². The van der Waals surface area contributed by atoms with Gasteiger partial charge in [0, 0.05) is 37.5 Å². The number of halogens is 1. The van der Waals surface area contributed by atoms with Gasteiger partial charge in [0.1, 0.15) is 0 Å². The van der Waals surface area contributed by atoms with Gasteiger partial charge in [0.2, 0.25) is 0 Å². The fourth-order valence-electron chi connectivity index (χ4n) is 2.98. The van der Waals surface area contributed by atoms with E-state index in [1.54, 1.807) is 0 Å². The van der Waals surface area contributed by atoms with Crippen molar-refractivity contribution in [3.05, 3.63) is 58.3 Å². The predicted molar refractivity (Wildman–Crippen MR) is 115 cm³/mol. The monoisotopic (exact) mass is 455 g/mol. The van der Waals surface area contributed by atoms with Crippen LogP contribution in [0, 0.1) is 0 Å². The standard InChI is InChI=1S/C19H25N3S.HI/c1-20-18(22(2)13-10-17-9-6-14-23-17)21-15-19(11-12-19)16-7-4-3-5-8-16;/h3-9,14H,10-13,15H2,1-2H3,(H,20,21);1H. The molecule has 1 heterocycles. The van der Waals surface area contributed by atoms with E-state index in [1.165, 1.54) is 23.3 Å². The van der Waals surface area contributed by atoms with E-state index in [2.05, 4.69) is 70.1 Å². The molecule has 130 valence electrons. The van der Waals surface area contributed by atoms with Gasteiger partial charge in [0.25, 0.3) is 0 Å². The van der Waals surface area contributed by atoms with Crippen molar-refractivity contribution in [2.75, 3.05) is 27.2 Å². The highest BCUT2D eigenvalue weighted by Gasteiger charge is 2.44. The van der Waals surface area contributed by atoms with Crippen LogP contribution < -0.4 is 5.32 Å². The summed E-state index contributed by atoms with van der Waals surface area (Å²) in [6.07, 6.45) is 3.60. The van der Waals surface area contributed by atoms with E-state index < -0.39 is 0 Å². The first-order chi connectivity index (χ1) is 11.2. The number of thiophene rings is 1. The smallest absolute Gasteiger partial charge is 0.193 e. The van der Waals surface area contributed by atoms with E-state index in [1.807, 2.05) is 18.4 Å². The Morgan fingerprint density at radius 1 is 1.21 bits per heavy atom. The Morgan fingerprint density at radius 2 is 1.96 bits per heavy atom. The minimum atomic E-state index is 0. The molecule has 1 fully saturated rings. The Kier molecular flexibility index (Phi) is 7.10. The third kappa shape index (κ3) is 4.72. The SMILES string of the molecule is CN=C(NCC1(c2ccccc2)CC1)N(C)CCc1cccs1.I. The van der Waals surface area contributed by atoms with Crippen LogP contribution in [0.3, 0.4) is 0 Å². The van der Waals surface area contributed by atoms with E-state index in [4.69, 9.17) is 0 Å². The average Bonchev–Trinajstić information content (AvgIpc) is 3.20. The van der Waals surface area contributed by atoms with Crippen molar-refractivity contribution in [3.8, 4) is 0 Å². The lowest BCUT2D eigenvalue weighted by Crippen LogP contribution is -2.43. The molecule has 1 aliphatic rings. The number of hydrogen-bond donors (Lipinski definition) is 1. The fourth-order valence-corrected chi connectivity index (χ4v) is 3.68. The van der Waals surface area contributed by atoms with Gasteiger partial charge in [0.05, 0.1) is 0 Å². The van der Waals surface area contributed by atoms with Crippen molar-refractivity contribution in [1.82, 2.24) is 10.2 Å². The second-order valence-electron chi connectivity index (χ2n) is 6.30. The van der Waals surface area contributed by atoms with Crippen LogP contribution in [0.5, 0.6) is 0 Å². The Morgan fingerprint density at radius 3 is 2.54 bits per heavy atom. The quantitative estimate of drug-likeness (QED) is 0.403. The van der Waals surface area contributed by atoms with Gasteiger partial charge in [-0.3, -0.25) is 4.99 Å². The number of nitrogens with one attached hydrogen (secondary N) is 1. The molecule has 2 aromatic rings. The number of likely N-dealkylation sites (N-methyl/N-ethyl adjacent to an activating group) is 1. The molecule has 1 aliphatic carbocycles. The number of guanidine groups is 1. The van der Waals surface area contributed by atoms with E-state index in [0.29, 0.717) is 5.41 Å². The van der Waals surface area contributed by atoms with Gasteiger partial charge in [-0.25, -0.2) is 0 Å². The molecule has 0 bridgehead atoms. The van der Waals surface area contributed by atoms with Crippen LogP contribution in [0.15, 0.2) is 52.8 Å². The summed E-state index contributed by atoms with van der Waals surface area (Å²) in [7, 11) is 3.98. The van der Waals surface area contributed by atoms with Crippen molar-refractivity contribution in [2.45, 2.75) is 24.7 Å². The first-order valence-corrected chi connectivity index (χ1v) is 9.11. The molecule has 0 atom stereocenters. The maximum atomic E-state index is 4.45. The van der Waals surface area contributed by atoms with Crippen LogP contribution in [0.25, 0.3) is 0 Å². The molecule has 0 unspecified atom stereocenters. The second kappa shape index (κ2) is 8.85. The van der Waals surface area contributed by atoms with E-state index in [9.17, 15) is 0 Å². The number of benzene rings is 1. The summed E-state index contributed by atoms with van der Waals surface area (Å²) in [5.41, 5.74) is 1.76. The van der Waals surface area contributed by atoms with Crippen LogP contribution in [-0.4, -0.2) is 38.0 Å². The molecule has 0 saturated heterocycles. The third-order valence-electron chi connectivity index (χ3n) is 4.67. The first-order valence-electron chi connectivity index (χ1n) is 8.23. The predicted octanol–water partition coefficient (Wildman–Crippen LogP) is 4.15. The molecular formula is C19H26IN3S. The Labute approximate surface area is 166 Å². The van der Waals surface area contributed by atoms with Crippen molar-refractivity contribution in [1.29, 1.82) is 0 Å². The zero-order chi connectivity index (χ0) is 16.1. The average molecular weight is 455 g/mol. The van der Waals surface area contributed by atoms with Gasteiger partial charge in [-0.2, -0.15) is 0 Å². The molecule has 0 spiro atoms. The van der Waals surface area contributed by atoms with Crippen LogP contribution in [0.4, 0.5) is 0 Å². The number of aliphatic imine (C=N–C) groups is 1. The van der Waals surface area contributed by atoms with Crippen LogP contribution in [-0.2, 0) is 11.8 Å². The molecule has 1 aromatic heterocycles. The molecule has 1 aromatic carbocycles. The highest BCUT2D eigenvalue weighted by atomic mass is 127. The normalized spacial score (nSPS) is 15.5. The molecule has 5 heteroatoms. The molecule has 3 nitrogen and oxygen atoms in total. The number of nitrogens with zero attached hydrogens (tertiary/aromatic N) is 2. The maximum Gasteiger partial charge on any atom is 0.193 e.